The largest absolute Gasteiger partial charge is 0.487 e. The van der Waals surface area contributed by atoms with E-state index in [2.05, 4.69) is 9.97 Å². The van der Waals surface area contributed by atoms with E-state index in [0.29, 0.717) is 16.3 Å². The van der Waals surface area contributed by atoms with Crippen molar-refractivity contribution in [2.75, 3.05) is 0 Å². The van der Waals surface area contributed by atoms with Crippen LogP contribution < -0.4 is 4.74 Å². The van der Waals surface area contributed by atoms with Crippen molar-refractivity contribution in [1.82, 2.24) is 9.97 Å². The van der Waals surface area contributed by atoms with Gasteiger partial charge in [0.25, 0.3) is 0 Å². The average Bonchev–Trinajstić information content (AvgIpc) is 2.95. The van der Waals surface area contributed by atoms with Gasteiger partial charge in [-0.2, -0.15) is 0 Å². The summed E-state index contributed by atoms with van der Waals surface area (Å²) in [6.07, 6.45) is 0. The second kappa shape index (κ2) is 6.28. The van der Waals surface area contributed by atoms with E-state index in [1.165, 1.54) is 0 Å². The zero-order valence-electron chi connectivity index (χ0n) is 11.4. The van der Waals surface area contributed by atoms with E-state index in [0.717, 1.165) is 5.56 Å². The second-order valence-corrected chi connectivity index (χ2v) is 5.90. The lowest BCUT2D eigenvalue weighted by molar-refractivity contribution is 0.0685. The Labute approximate surface area is 145 Å². The number of aromatic carboxylic acids is 1. The first-order valence-electron chi connectivity index (χ1n) is 6.44. The van der Waals surface area contributed by atoms with Gasteiger partial charge in [0.2, 0.25) is 5.82 Å². The standard InChI is InChI=1S/C15H9Cl3N2O3/c16-8-3-1-7(2-4-8)6-23-10-5-9-13(12(18)11(10)17)20-14(19-9)15(21)22/h1-5H,6H2,(H,19,20)(H,21,22). The summed E-state index contributed by atoms with van der Waals surface area (Å²) < 4.78 is 5.67. The molecule has 1 heterocycles. The number of rotatable bonds is 4. The first-order chi connectivity index (χ1) is 11.0. The number of hydrogen-bond acceptors (Lipinski definition) is 3. The molecule has 0 aliphatic heterocycles. The predicted octanol–water partition coefficient (Wildman–Crippen LogP) is 4.80. The minimum Gasteiger partial charge on any atom is -0.487 e. The molecular weight excluding hydrogens is 363 g/mol. The van der Waals surface area contributed by atoms with Crippen LogP contribution in [0, 0.1) is 0 Å². The summed E-state index contributed by atoms with van der Waals surface area (Å²) in [5, 5.41) is 9.93. The van der Waals surface area contributed by atoms with Crippen molar-refractivity contribution in [1.29, 1.82) is 0 Å². The molecule has 0 spiro atoms. The van der Waals surface area contributed by atoms with Gasteiger partial charge in [0.05, 0.1) is 10.5 Å². The number of carboxylic acid groups (broad SMARTS) is 1. The topological polar surface area (TPSA) is 75.2 Å². The number of hydrogen-bond donors (Lipinski definition) is 2. The molecule has 0 radical (unpaired) electrons. The number of halogens is 3. The summed E-state index contributed by atoms with van der Waals surface area (Å²) in [6.45, 7) is 0.263. The van der Waals surface area contributed by atoms with Gasteiger partial charge in [-0.3, -0.25) is 0 Å². The third kappa shape index (κ3) is 3.22. The lowest BCUT2D eigenvalue weighted by atomic mass is 10.2. The maximum Gasteiger partial charge on any atom is 0.371 e. The maximum atomic E-state index is 11.0. The van der Waals surface area contributed by atoms with Crippen LogP contribution in [0.1, 0.15) is 16.2 Å². The van der Waals surface area contributed by atoms with E-state index in [9.17, 15) is 4.79 Å². The molecule has 0 atom stereocenters. The van der Waals surface area contributed by atoms with Crippen LogP contribution in [-0.4, -0.2) is 21.0 Å². The molecule has 8 heteroatoms. The highest BCUT2D eigenvalue weighted by molar-refractivity contribution is 6.45. The summed E-state index contributed by atoms with van der Waals surface area (Å²) in [6, 6.07) is 8.74. The number of benzene rings is 2. The Bertz CT molecular complexity index is 891. The van der Waals surface area contributed by atoms with Gasteiger partial charge in [-0.15, -0.1) is 0 Å². The van der Waals surface area contributed by atoms with Crippen LogP contribution in [0.5, 0.6) is 5.75 Å². The Morgan fingerprint density at radius 3 is 2.52 bits per heavy atom. The van der Waals surface area contributed by atoms with Gasteiger partial charge >= 0.3 is 5.97 Å². The number of carbonyl (C=O) groups is 1. The van der Waals surface area contributed by atoms with Crippen LogP contribution in [0.25, 0.3) is 11.0 Å². The number of nitrogens with one attached hydrogen (secondary N) is 1. The normalized spacial score (nSPS) is 10.9. The number of aromatic amines is 1. The van der Waals surface area contributed by atoms with Gasteiger partial charge in [0, 0.05) is 11.1 Å². The van der Waals surface area contributed by atoms with Gasteiger partial charge in [-0.05, 0) is 17.7 Å². The monoisotopic (exact) mass is 370 g/mol. The number of H-pyrrole nitrogens is 1. The number of carboxylic acids is 1. The van der Waals surface area contributed by atoms with Gasteiger partial charge in [0.1, 0.15) is 22.9 Å². The Morgan fingerprint density at radius 2 is 1.87 bits per heavy atom. The average molecular weight is 372 g/mol. The fraction of sp³-hybridized carbons (Fsp3) is 0.0667. The summed E-state index contributed by atoms with van der Waals surface area (Å²) >= 11 is 18.1. The zero-order chi connectivity index (χ0) is 16.6. The number of fused-ring (bicyclic) bond motifs is 1. The molecule has 2 N–H and O–H groups in total. The molecule has 3 rings (SSSR count). The SMILES string of the molecule is O=C(O)c1nc2c(Cl)c(Cl)c(OCc3ccc(Cl)cc3)cc2[nH]1. The fourth-order valence-electron chi connectivity index (χ4n) is 2.01. The van der Waals surface area contributed by atoms with Crippen molar-refractivity contribution >= 4 is 51.8 Å². The molecule has 0 amide bonds. The molecule has 118 valence electrons. The Kier molecular flexibility index (Phi) is 4.35. The summed E-state index contributed by atoms with van der Waals surface area (Å²) in [5.41, 5.74) is 1.62. The maximum absolute atomic E-state index is 11.0. The molecule has 0 fully saturated rings. The van der Waals surface area contributed by atoms with Crippen molar-refractivity contribution in [2.45, 2.75) is 6.61 Å². The molecule has 2 aromatic carbocycles. The molecule has 3 aromatic rings. The molecule has 1 aromatic heterocycles. The van der Waals surface area contributed by atoms with Gasteiger partial charge in [-0.1, -0.05) is 46.9 Å². The molecule has 0 unspecified atom stereocenters. The number of nitrogens with zero attached hydrogens (tertiary/aromatic N) is 1. The van der Waals surface area contributed by atoms with Crippen LogP contribution in [0.4, 0.5) is 0 Å². The summed E-state index contributed by atoms with van der Waals surface area (Å²) in [5.74, 6) is -1.07. The molecule has 0 saturated heterocycles. The second-order valence-electron chi connectivity index (χ2n) is 4.70. The lowest BCUT2D eigenvalue weighted by Gasteiger charge is -2.09. The smallest absolute Gasteiger partial charge is 0.371 e. The van der Waals surface area contributed by atoms with E-state index in [1.54, 1.807) is 18.2 Å². The predicted molar refractivity (Wildman–Crippen MR) is 88.9 cm³/mol. The van der Waals surface area contributed by atoms with Crippen molar-refractivity contribution in [3.63, 3.8) is 0 Å². The Morgan fingerprint density at radius 1 is 1.17 bits per heavy atom. The first kappa shape index (κ1) is 15.9. The van der Waals surface area contributed by atoms with Crippen molar-refractivity contribution < 1.29 is 14.6 Å². The fourth-order valence-corrected chi connectivity index (χ4v) is 2.57. The Balaban J connectivity index is 1.92. The highest BCUT2D eigenvalue weighted by Gasteiger charge is 2.17. The van der Waals surface area contributed by atoms with Crippen LogP contribution in [0.2, 0.25) is 15.1 Å². The molecule has 0 bridgehead atoms. The van der Waals surface area contributed by atoms with Crippen LogP contribution in [0.3, 0.4) is 0 Å². The lowest BCUT2D eigenvalue weighted by Crippen LogP contribution is -1.97. The van der Waals surface area contributed by atoms with E-state index in [-0.39, 0.29) is 28.0 Å². The van der Waals surface area contributed by atoms with Crippen molar-refractivity contribution in [2.24, 2.45) is 0 Å². The highest BCUT2D eigenvalue weighted by Crippen LogP contribution is 2.38. The number of imidazole rings is 1. The Hall–Kier alpha value is -1.95. The molecule has 0 aliphatic carbocycles. The van der Waals surface area contributed by atoms with Gasteiger partial charge in [0.15, 0.2) is 0 Å². The molecule has 0 saturated carbocycles. The van der Waals surface area contributed by atoms with Crippen LogP contribution in [0.15, 0.2) is 30.3 Å². The molecule has 23 heavy (non-hydrogen) atoms. The molecular formula is C15H9Cl3N2O3. The minimum atomic E-state index is -1.18. The quantitative estimate of drug-likeness (QED) is 0.690. The van der Waals surface area contributed by atoms with Crippen molar-refractivity contribution in [3.05, 3.63) is 56.8 Å². The van der Waals surface area contributed by atoms with E-state index >= 15 is 0 Å². The van der Waals surface area contributed by atoms with Gasteiger partial charge < -0.3 is 14.8 Å². The van der Waals surface area contributed by atoms with E-state index in [4.69, 9.17) is 44.6 Å². The number of aromatic nitrogens is 2. The van der Waals surface area contributed by atoms with Gasteiger partial charge in [-0.25, -0.2) is 9.78 Å². The molecule has 0 aliphatic rings. The van der Waals surface area contributed by atoms with Crippen LogP contribution >= 0.6 is 34.8 Å². The number of ether oxygens (including phenoxy) is 1. The zero-order valence-corrected chi connectivity index (χ0v) is 13.7. The third-order valence-electron chi connectivity index (χ3n) is 3.13. The molecule has 5 nitrogen and oxygen atoms in total. The van der Waals surface area contributed by atoms with Crippen LogP contribution in [-0.2, 0) is 6.61 Å². The summed E-state index contributed by atoms with van der Waals surface area (Å²) in [7, 11) is 0. The highest BCUT2D eigenvalue weighted by atomic mass is 35.5. The van der Waals surface area contributed by atoms with E-state index in [1.807, 2.05) is 12.1 Å². The third-order valence-corrected chi connectivity index (χ3v) is 4.23. The first-order valence-corrected chi connectivity index (χ1v) is 7.57. The summed E-state index contributed by atoms with van der Waals surface area (Å²) in [4.78, 5) is 17.5. The van der Waals surface area contributed by atoms with E-state index < -0.39 is 5.97 Å². The van der Waals surface area contributed by atoms with Crippen molar-refractivity contribution in [3.8, 4) is 5.75 Å². The minimum absolute atomic E-state index is 0.138.